The van der Waals surface area contributed by atoms with Crippen molar-refractivity contribution in [2.45, 2.75) is 24.7 Å². The van der Waals surface area contributed by atoms with E-state index in [1.807, 2.05) is 48.5 Å². The molecule has 1 aliphatic rings. The molecule has 0 saturated heterocycles. The van der Waals surface area contributed by atoms with Crippen LogP contribution in [0.1, 0.15) is 31.0 Å². The SMILES string of the molecule is CCCCN(C)c1ccc(-n2cnc3c(c2=O)SCC(c2ccc(Cl)cc2)=C3)cc1OC. The normalized spacial score (nSPS) is 12.8. The Bertz CT molecular complexity index is 1200. The lowest BCUT2D eigenvalue weighted by Gasteiger charge is -2.22. The number of ether oxygens (including phenoxy) is 1. The van der Waals surface area contributed by atoms with Gasteiger partial charge in [0.1, 0.15) is 12.1 Å². The predicted octanol–water partition coefficient (Wildman–Crippen LogP) is 5.78. The molecule has 0 amide bonds. The van der Waals surface area contributed by atoms with Gasteiger partial charge in [-0.3, -0.25) is 9.36 Å². The number of nitrogens with zero attached hydrogens (tertiary/aromatic N) is 3. The maximum atomic E-state index is 13.3. The minimum atomic E-state index is -0.0689. The summed E-state index contributed by atoms with van der Waals surface area (Å²) >= 11 is 7.53. The monoisotopic (exact) mass is 467 g/mol. The third kappa shape index (κ3) is 4.57. The van der Waals surface area contributed by atoms with Crippen molar-refractivity contribution in [3.8, 4) is 11.4 Å². The van der Waals surface area contributed by atoms with Crippen LogP contribution in [0.4, 0.5) is 5.69 Å². The van der Waals surface area contributed by atoms with Crippen LogP contribution in [-0.4, -0.2) is 36.0 Å². The zero-order valence-electron chi connectivity index (χ0n) is 18.5. The summed E-state index contributed by atoms with van der Waals surface area (Å²) in [5.74, 6) is 1.45. The van der Waals surface area contributed by atoms with E-state index in [9.17, 15) is 4.79 Å². The maximum Gasteiger partial charge on any atom is 0.272 e. The number of rotatable bonds is 7. The lowest BCUT2D eigenvalue weighted by molar-refractivity contribution is 0.414. The molecule has 0 aliphatic carbocycles. The highest BCUT2D eigenvalue weighted by atomic mass is 35.5. The Morgan fingerprint density at radius 3 is 2.72 bits per heavy atom. The van der Waals surface area contributed by atoms with Crippen LogP contribution in [0.3, 0.4) is 0 Å². The fourth-order valence-electron chi connectivity index (χ4n) is 3.71. The van der Waals surface area contributed by atoms with Gasteiger partial charge in [0.2, 0.25) is 0 Å². The summed E-state index contributed by atoms with van der Waals surface area (Å²) in [6.07, 6.45) is 5.83. The Hall–Kier alpha value is -2.70. The van der Waals surface area contributed by atoms with Crippen molar-refractivity contribution in [1.29, 1.82) is 0 Å². The third-order valence-corrected chi connectivity index (χ3v) is 6.94. The van der Waals surface area contributed by atoms with E-state index in [-0.39, 0.29) is 5.56 Å². The van der Waals surface area contributed by atoms with E-state index < -0.39 is 0 Å². The highest BCUT2D eigenvalue weighted by Crippen LogP contribution is 2.34. The highest BCUT2D eigenvalue weighted by Gasteiger charge is 2.19. The summed E-state index contributed by atoms with van der Waals surface area (Å²) in [5.41, 5.74) is 4.60. The van der Waals surface area contributed by atoms with E-state index in [0.29, 0.717) is 21.4 Å². The van der Waals surface area contributed by atoms with Crippen LogP contribution < -0.4 is 15.2 Å². The first-order chi connectivity index (χ1) is 15.5. The molecule has 1 aromatic heterocycles. The molecule has 0 unspecified atom stereocenters. The summed E-state index contributed by atoms with van der Waals surface area (Å²) < 4.78 is 7.22. The number of fused-ring (bicyclic) bond motifs is 1. The standard InChI is InChI=1S/C25H26ClN3O2S/c1-4-5-12-28(2)22-11-10-20(14-23(22)31-3)29-16-27-21-13-18(15-32-24(21)25(29)30)17-6-8-19(26)9-7-17/h6-11,13-14,16H,4-5,12,15H2,1-3H3. The molecule has 0 radical (unpaired) electrons. The highest BCUT2D eigenvalue weighted by molar-refractivity contribution is 7.99. The fourth-order valence-corrected chi connectivity index (χ4v) is 4.86. The van der Waals surface area contributed by atoms with Gasteiger partial charge < -0.3 is 9.64 Å². The van der Waals surface area contributed by atoms with Gasteiger partial charge in [0.15, 0.2) is 0 Å². The molecule has 2 aromatic carbocycles. The molecule has 0 fully saturated rings. The number of benzene rings is 2. The largest absolute Gasteiger partial charge is 0.495 e. The quantitative estimate of drug-likeness (QED) is 0.441. The molecule has 0 saturated carbocycles. The van der Waals surface area contributed by atoms with Gasteiger partial charge in [0.25, 0.3) is 5.56 Å². The lowest BCUT2D eigenvalue weighted by atomic mass is 10.1. The second-order valence-electron chi connectivity index (χ2n) is 7.73. The average molecular weight is 468 g/mol. The third-order valence-electron chi connectivity index (χ3n) is 5.56. The number of thioether (sulfide) groups is 1. The summed E-state index contributed by atoms with van der Waals surface area (Å²) in [7, 11) is 3.71. The van der Waals surface area contributed by atoms with Crippen LogP contribution >= 0.6 is 23.4 Å². The van der Waals surface area contributed by atoms with Gasteiger partial charge >= 0.3 is 0 Å². The molecule has 0 bridgehead atoms. The van der Waals surface area contributed by atoms with Gasteiger partial charge in [-0.15, -0.1) is 11.8 Å². The molecule has 4 rings (SSSR count). The van der Waals surface area contributed by atoms with Crippen LogP contribution in [0.25, 0.3) is 17.3 Å². The Morgan fingerprint density at radius 2 is 2.00 bits per heavy atom. The molecule has 32 heavy (non-hydrogen) atoms. The summed E-state index contributed by atoms with van der Waals surface area (Å²) in [4.78, 5) is 20.7. The molecular weight excluding hydrogens is 442 g/mol. The van der Waals surface area contributed by atoms with Crippen LogP contribution in [0.2, 0.25) is 5.02 Å². The van der Waals surface area contributed by atoms with Crippen molar-refractivity contribution in [1.82, 2.24) is 9.55 Å². The van der Waals surface area contributed by atoms with E-state index in [4.69, 9.17) is 16.3 Å². The van der Waals surface area contributed by atoms with E-state index in [1.54, 1.807) is 18.0 Å². The molecule has 2 heterocycles. The average Bonchev–Trinajstić information content (AvgIpc) is 2.82. The minimum absolute atomic E-state index is 0.0689. The number of anilines is 1. The van der Waals surface area contributed by atoms with Crippen molar-refractivity contribution in [2.24, 2.45) is 0 Å². The lowest BCUT2D eigenvalue weighted by Crippen LogP contribution is -2.23. The minimum Gasteiger partial charge on any atom is -0.495 e. The Labute approximate surface area is 197 Å². The summed E-state index contributed by atoms with van der Waals surface area (Å²) in [5, 5.41) is 0.706. The maximum absolute atomic E-state index is 13.3. The van der Waals surface area contributed by atoms with Crippen molar-refractivity contribution < 1.29 is 4.74 Å². The summed E-state index contributed by atoms with van der Waals surface area (Å²) in [6, 6.07) is 13.6. The molecule has 0 N–H and O–H groups in total. The van der Waals surface area contributed by atoms with Gasteiger partial charge in [0, 0.05) is 30.4 Å². The first-order valence-corrected chi connectivity index (χ1v) is 12.0. The molecule has 0 atom stereocenters. The van der Waals surface area contributed by atoms with Crippen LogP contribution in [0, 0.1) is 0 Å². The molecule has 3 aromatic rings. The van der Waals surface area contributed by atoms with Crippen LogP contribution in [-0.2, 0) is 0 Å². The first-order valence-electron chi connectivity index (χ1n) is 10.6. The van der Waals surface area contributed by atoms with E-state index >= 15 is 0 Å². The number of aromatic nitrogens is 2. The van der Waals surface area contributed by atoms with Crippen molar-refractivity contribution in [2.75, 3.05) is 31.4 Å². The van der Waals surface area contributed by atoms with Crippen molar-refractivity contribution in [3.05, 3.63) is 75.4 Å². The predicted molar refractivity (Wildman–Crippen MR) is 135 cm³/mol. The molecule has 1 aliphatic heterocycles. The van der Waals surface area contributed by atoms with Gasteiger partial charge in [0.05, 0.1) is 29.1 Å². The van der Waals surface area contributed by atoms with Crippen LogP contribution in [0.5, 0.6) is 5.75 Å². The first kappa shape index (κ1) is 22.5. The number of hydrogen-bond donors (Lipinski definition) is 0. The van der Waals surface area contributed by atoms with Gasteiger partial charge in [-0.05, 0) is 47.9 Å². The summed E-state index contributed by atoms with van der Waals surface area (Å²) in [6.45, 7) is 3.13. The molecule has 0 spiro atoms. The molecular formula is C25H26ClN3O2S. The molecule has 7 heteroatoms. The molecule has 5 nitrogen and oxygen atoms in total. The zero-order chi connectivity index (χ0) is 22.7. The smallest absolute Gasteiger partial charge is 0.272 e. The Morgan fingerprint density at radius 1 is 1.22 bits per heavy atom. The van der Waals surface area contributed by atoms with Gasteiger partial charge in [-0.25, -0.2) is 4.98 Å². The van der Waals surface area contributed by atoms with Gasteiger partial charge in [-0.1, -0.05) is 37.1 Å². The Balaban J connectivity index is 1.67. The topological polar surface area (TPSA) is 47.4 Å². The van der Waals surface area contributed by atoms with Crippen molar-refractivity contribution in [3.63, 3.8) is 0 Å². The van der Waals surface area contributed by atoms with Gasteiger partial charge in [-0.2, -0.15) is 0 Å². The van der Waals surface area contributed by atoms with E-state index in [0.717, 1.165) is 47.6 Å². The Kier molecular flexibility index (Phi) is 6.92. The second kappa shape index (κ2) is 9.84. The zero-order valence-corrected chi connectivity index (χ0v) is 20.0. The number of methoxy groups -OCH3 is 1. The second-order valence-corrected chi connectivity index (χ2v) is 9.15. The number of hydrogen-bond acceptors (Lipinski definition) is 5. The van der Waals surface area contributed by atoms with E-state index in [1.165, 1.54) is 11.8 Å². The number of unbranched alkanes of at least 4 members (excludes halogenated alkanes) is 1. The number of halogens is 1. The molecule has 166 valence electrons. The van der Waals surface area contributed by atoms with E-state index in [2.05, 4.69) is 23.9 Å². The van der Waals surface area contributed by atoms with Crippen molar-refractivity contribution >= 4 is 40.7 Å². The van der Waals surface area contributed by atoms with Crippen LogP contribution in [0.15, 0.2) is 58.5 Å². The fraction of sp³-hybridized carbons (Fsp3) is 0.280.